The molecule has 0 aliphatic rings. The molecule has 1 unspecified atom stereocenters. The van der Waals surface area contributed by atoms with Crippen LogP contribution in [0.4, 0.5) is 0 Å². The van der Waals surface area contributed by atoms with Crippen molar-refractivity contribution in [1.29, 1.82) is 0 Å². The first kappa shape index (κ1) is 12.5. The van der Waals surface area contributed by atoms with Crippen molar-refractivity contribution in [3.8, 4) is 0 Å². The van der Waals surface area contributed by atoms with Gasteiger partial charge in [0.25, 0.3) is 0 Å². The van der Waals surface area contributed by atoms with Gasteiger partial charge in [-0.2, -0.15) is 0 Å². The lowest BCUT2D eigenvalue weighted by atomic mass is 9.96. The molecule has 0 bridgehead atoms. The van der Waals surface area contributed by atoms with Gasteiger partial charge in [0.1, 0.15) is 0 Å². The first-order valence-corrected chi connectivity index (χ1v) is 5.16. The van der Waals surface area contributed by atoms with E-state index in [9.17, 15) is 0 Å². The van der Waals surface area contributed by atoms with Crippen LogP contribution in [0.3, 0.4) is 0 Å². The highest BCUT2D eigenvalue weighted by molar-refractivity contribution is 6.31. The highest BCUT2D eigenvalue weighted by atomic mass is 35.5. The normalized spacial score (nSPS) is 13.9. The largest absolute Gasteiger partial charge is 0.0991 e. The lowest BCUT2D eigenvalue weighted by Crippen LogP contribution is -1.96. The molecule has 0 spiro atoms. The van der Waals surface area contributed by atoms with Crippen LogP contribution < -0.4 is 0 Å². The topological polar surface area (TPSA) is 0 Å². The predicted molar refractivity (Wildman–Crippen MR) is 62.0 cm³/mol. The second kappa shape index (κ2) is 6.97. The standard InChI is InChI=1S/C12H19Cl/c1-5-7-10(3)9-12(8-6-2)11(4)13/h6,8,10H,2,4-5,7,9H2,1,3H3/b12-8-. The summed E-state index contributed by atoms with van der Waals surface area (Å²) in [5.74, 6) is 0.673. The van der Waals surface area contributed by atoms with Crippen LogP contribution in [0.2, 0.25) is 0 Å². The molecule has 0 aromatic rings. The van der Waals surface area contributed by atoms with Crippen molar-refractivity contribution in [2.24, 2.45) is 5.92 Å². The van der Waals surface area contributed by atoms with Gasteiger partial charge in [-0.05, 0) is 17.9 Å². The molecule has 0 saturated heterocycles. The Hall–Kier alpha value is -0.490. The molecule has 0 fully saturated rings. The summed E-state index contributed by atoms with van der Waals surface area (Å²) in [6.07, 6.45) is 7.17. The van der Waals surface area contributed by atoms with Crippen molar-refractivity contribution in [1.82, 2.24) is 0 Å². The van der Waals surface area contributed by atoms with Crippen molar-refractivity contribution in [2.45, 2.75) is 33.1 Å². The Kier molecular flexibility index (Phi) is 6.70. The molecule has 1 atom stereocenters. The maximum atomic E-state index is 5.86. The van der Waals surface area contributed by atoms with Crippen LogP contribution in [0.25, 0.3) is 0 Å². The Morgan fingerprint density at radius 1 is 1.54 bits per heavy atom. The Bertz CT molecular complexity index is 201. The molecule has 0 aliphatic carbocycles. The van der Waals surface area contributed by atoms with Crippen molar-refractivity contribution in [3.63, 3.8) is 0 Å². The average Bonchev–Trinajstić information content (AvgIpc) is 2.04. The molecular weight excluding hydrogens is 180 g/mol. The zero-order valence-corrected chi connectivity index (χ0v) is 9.40. The fraction of sp³-hybridized carbons (Fsp3) is 0.500. The van der Waals surface area contributed by atoms with E-state index in [1.54, 1.807) is 6.08 Å². The molecule has 0 N–H and O–H groups in total. The molecule has 1 heteroatoms. The summed E-state index contributed by atoms with van der Waals surface area (Å²) in [5.41, 5.74) is 1.11. The fourth-order valence-electron chi connectivity index (χ4n) is 1.38. The second-order valence-corrected chi connectivity index (χ2v) is 3.89. The van der Waals surface area contributed by atoms with Gasteiger partial charge in [-0.3, -0.25) is 0 Å². The van der Waals surface area contributed by atoms with E-state index in [0.29, 0.717) is 11.0 Å². The minimum atomic E-state index is 0.642. The van der Waals surface area contributed by atoms with E-state index in [1.807, 2.05) is 6.08 Å². The zero-order chi connectivity index (χ0) is 10.3. The molecule has 0 aromatic heterocycles. The molecule has 13 heavy (non-hydrogen) atoms. The highest BCUT2D eigenvalue weighted by Crippen LogP contribution is 2.23. The van der Waals surface area contributed by atoms with E-state index in [4.69, 9.17) is 11.6 Å². The molecule has 0 saturated carbocycles. The van der Waals surface area contributed by atoms with Gasteiger partial charge in [-0.1, -0.05) is 63.6 Å². The molecule has 0 nitrogen and oxygen atoms in total. The van der Waals surface area contributed by atoms with Crippen molar-refractivity contribution >= 4 is 11.6 Å². The summed E-state index contributed by atoms with van der Waals surface area (Å²) in [5, 5.41) is 0.642. The van der Waals surface area contributed by atoms with E-state index in [-0.39, 0.29) is 0 Å². The van der Waals surface area contributed by atoms with Crippen LogP contribution in [0.1, 0.15) is 33.1 Å². The van der Waals surface area contributed by atoms with Gasteiger partial charge in [0.05, 0.1) is 0 Å². The van der Waals surface area contributed by atoms with Gasteiger partial charge in [0, 0.05) is 5.03 Å². The van der Waals surface area contributed by atoms with Crippen LogP contribution in [-0.2, 0) is 0 Å². The first-order chi connectivity index (χ1) is 6.11. The van der Waals surface area contributed by atoms with E-state index >= 15 is 0 Å². The summed E-state index contributed by atoms with van der Waals surface area (Å²) in [7, 11) is 0. The lowest BCUT2D eigenvalue weighted by molar-refractivity contribution is 0.524. The Balaban J connectivity index is 4.18. The Morgan fingerprint density at radius 2 is 2.15 bits per heavy atom. The van der Waals surface area contributed by atoms with Crippen molar-refractivity contribution in [3.05, 3.63) is 35.9 Å². The zero-order valence-electron chi connectivity index (χ0n) is 8.65. The van der Waals surface area contributed by atoms with Crippen LogP contribution in [0.5, 0.6) is 0 Å². The van der Waals surface area contributed by atoms with Gasteiger partial charge in [0.15, 0.2) is 0 Å². The molecule has 0 radical (unpaired) electrons. The van der Waals surface area contributed by atoms with E-state index in [2.05, 4.69) is 27.0 Å². The van der Waals surface area contributed by atoms with E-state index < -0.39 is 0 Å². The second-order valence-electron chi connectivity index (χ2n) is 3.43. The third kappa shape index (κ3) is 5.70. The van der Waals surface area contributed by atoms with Crippen LogP contribution in [0.15, 0.2) is 35.9 Å². The third-order valence-electron chi connectivity index (χ3n) is 2.02. The number of rotatable bonds is 6. The number of hydrogen-bond donors (Lipinski definition) is 0. The SMILES string of the molecule is C=C/C=C(/CC(C)CCC)C(=C)Cl. The molecular formula is C12H19Cl. The van der Waals surface area contributed by atoms with Gasteiger partial charge in [0.2, 0.25) is 0 Å². The Labute approximate surface area is 87.0 Å². The number of hydrogen-bond acceptors (Lipinski definition) is 0. The number of halogens is 1. The molecule has 0 heterocycles. The molecule has 0 aromatic carbocycles. The van der Waals surface area contributed by atoms with Crippen LogP contribution in [0, 0.1) is 5.92 Å². The van der Waals surface area contributed by atoms with Gasteiger partial charge in [-0.15, -0.1) is 0 Å². The highest BCUT2D eigenvalue weighted by Gasteiger charge is 2.05. The minimum absolute atomic E-state index is 0.642. The van der Waals surface area contributed by atoms with Gasteiger partial charge < -0.3 is 0 Å². The predicted octanol–water partition coefficient (Wildman–Crippen LogP) is 4.68. The van der Waals surface area contributed by atoms with Gasteiger partial charge in [-0.25, -0.2) is 0 Å². The summed E-state index contributed by atoms with van der Waals surface area (Å²) in [6.45, 7) is 11.8. The van der Waals surface area contributed by atoms with E-state index in [0.717, 1.165) is 12.0 Å². The monoisotopic (exact) mass is 198 g/mol. The fourth-order valence-corrected chi connectivity index (χ4v) is 1.52. The molecule has 74 valence electrons. The summed E-state index contributed by atoms with van der Waals surface area (Å²) >= 11 is 5.86. The first-order valence-electron chi connectivity index (χ1n) is 4.78. The smallest absolute Gasteiger partial charge is 0.0366 e. The van der Waals surface area contributed by atoms with Crippen molar-refractivity contribution in [2.75, 3.05) is 0 Å². The van der Waals surface area contributed by atoms with E-state index in [1.165, 1.54) is 12.8 Å². The summed E-state index contributed by atoms with van der Waals surface area (Å²) in [6, 6.07) is 0. The maximum Gasteiger partial charge on any atom is 0.0366 e. The molecule has 0 amide bonds. The minimum Gasteiger partial charge on any atom is -0.0991 e. The van der Waals surface area contributed by atoms with Crippen LogP contribution >= 0.6 is 11.6 Å². The molecule has 0 aliphatic heterocycles. The summed E-state index contributed by atoms with van der Waals surface area (Å²) in [4.78, 5) is 0. The third-order valence-corrected chi connectivity index (χ3v) is 2.26. The lowest BCUT2D eigenvalue weighted by Gasteiger charge is -2.11. The average molecular weight is 199 g/mol. The Morgan fingerprint density at radius 3 is 2.54 bits per heavy atom. The van der Waals surface area contributed by atoms with Crippen LogP contribution in [-0.4, -0.2) is 0 Å². The maximum absolute atomic E-state index is 5.86. The summed E-state index contributed by atoms with van der Waals surface area (Å²) < 4.78 is 0. The van der Waals surface area contributed by atoms with Gasteiger partial charge >= 0.3 is 0 Å². The quantitative estimate of drug-likeness (QED) is 0.544. The molecule has 0 rings (SSSR count). The van der Waals surface area contributed by atoms with Crippen molar-refractivity contribution < 1.29 is 0 Å². The number of allylic oxidation sites excluding steroid dienone is 4.